The van der Waals surface area contributed by atoms with Crippen molar-refractivity contribution in [3.8, 4) is 0 Å². The molecule has 1 aromatic carbocycles. The van der Waals surface area contributed by atoms with Gasteiger partial charge in [0.25, 0.3) is 0 Å². The molecule has 0 unspecified atom stereocenters. The SMILES string of the molecule is CCN(CCc1nc2ccc(F)cc2[nH]1)Cc1cn(C)c(C)n1. The highest BCUT2D eigenvalue weighted by Crippen LogP contribution is 2.13. The van der Waals surface area contributed by atoms with Crippen LogP contribution in [-0.4, -0.2) is 37.5 Å². The number of aromatic nitrogens is 4. The average molecular weight is 315 g/mol. The number of H-pyrrole nitrogens is 1. The van der Waals surface area contributed by atoms with Crippen LogP contribution in [-0.2, 0) is 20.0 Å². The van der Waals surface area contributed by atoms with Crippen LogP contribution in [0.15, 0.2) is 24.4 Å². The monoisotopic (exact) mass is 315 g/mol. The van der Waals surface area contributed by atoms with E-state index in [1.54, 1.807) is 6.07 Å². The van der Waals surface area contributed by atoms with Crippen molar-refractivity contribution in [2.75, 3.05) is 13.1 Å². The summed E-state index contributed by atoms with van der Waals surface area (Å²) in [4.78, 5) is 14.6. The topological polar surface area (TPSA) is 49.7 Å². The minimum atomic E-state index is -0.242. The maximum atomic E-state index is 13.2. The number of halogens is 1. The van der Waals surface area contributed by atoms with Crippen LogP contribution in [0, 0.1) is 12.7 Å². The molecule has 0 spiro atoms. The van der Waals surface area contributed by atoms with Crippen molar-refractivity contribution in [1.82, 2.24) is 24.4 Å². The second kappa shape index (κ2) is 6.50. The Bertz CT molecular complexity index is 785. The van der Waals surface area contributed by atoms with Crippen LogP contribution >= 0.6 is 0 Å². The number of nitrogens with one attached hydrogen (secondary N) is 1. The second-order valence-corrected chi connectivity index (χ2v) is 5.85. The molecule has 2 aromatic heterocycles. The Labute approximate surface area is 135 Å². The molecule has 3 rings (SSSR count). The van der Waals surface area contributed by atoms with E-state index in [0.29, 0.717) is 0 Å². The summed E-state index contributed by atoms with van der Waals surface area (Å²) in [5.74, 6) is 1.67. The number of aryl methyl sites for hydroxylation is 2. The summed E-state index contributed by atoms with van der Waals surface area (Å²) in [5.41, 5.74) is 2.65. The Balaban J connectivity index is 1.64. The number of rotatable bonds is 6. The summed E-state index contributed by atoms with van der Waals surface area (Å²) in [5, 5.41) is 0. The number of imidazole rings is 2. The highest BCUT2D eigenvalue weighted by Gasteiger charge is 2.10. The van der Waals surface area contributed by atoms with E-state index in [1.165, 1.54) is 12.1 Å². The smallest absolute Gasteiger partial charge is 0.125 e. The van der Waals surface area contributed by atoms with E-state index in [4.69, 9.17) is 0 Å². The predicted octanol–water partition coefficient (Wildman–Crippen LogP) is 2.81. The molecule has 0 saturated heterocycles. The zero-order valence-electron chi connectivity index (χ0n) is 13.8. The fraction of sp³-hybridized carbons (Fsp3) is 0.412. The minimum absolute atomic E-state index is 0.242. The van der Waals surface area contributed by atoms with Gasteiger partial charge in [-0.2, -0.15) is 0 Å². The van der Waals surface area contributed by atoms with Crippen LogP contribution in [0.5, 0.6) is 0 Å². The van der Waals surface area contributed by atoms with Gasteiger partial charge >= 0.3 is 0 Å². The summed E-state index contributed by atoms with van der Waals surface area (Å²) in [7, 11) is 2.01. The Morgan fingerprint density at radius 1 is 1.30 bits per heavy atom. The zero-order valence-corrected chi connectivity index (χ0v) is 13.8. The molecule has 122 valence electrons. The Kier molecular flexibility index (Phi) is 4.43. The second-order valence-electron chi connectivity index (χ2n) is 5.85. The van der Waals surface area contributed by atoms with Crippen LogP contribution in [0.4, 0.5) is 4.39 Å². The van der Waals surface area contributed by atoms with Crippen molar-refractivity contribution in [1.29, 1.82) is 0 Å². The number of nitrogens with zero attached hydrogens (tertiary/aromatic N) is 4. The number of likely N-dealkylation sites (N-methyl/N-ethyl adjacent to an activating group) is 1. The van der Waals surface area contributed by atoms with E-state index in [1.807, 2.05) is 18.5 Å². The van der Waals surface area contributed by atoms with Gasteiger partial charge in [-0.05, 0) is 31.7 Å². The summed E-state index contributed by atoms with van der Waals surface area (Å²) >= 11 is 0. The number of fused-ring (bicyclic) bond motifs is 1. The molecule has 0 aliphatic heterocycles. The maximum absolute atomic E-state index is 13.2. The van der Waals surface area contributed by atoms with Crippen LogP contribution in [0.1, 0.15) is 24.3 Å². The molecule has 3 aromatic rings. The standard InChI is InChI=1S/C17H22FN5/c1-4-23(11-14-10-22(3)12(2)19-14)8-7-17-20-15-6-5-13(18)9-16(15)21-17/h5-6,9-10H,4,7-8,11H2,1-3H3,(H,20,21). The van der Waals surface area contributed by atoms with Gasteiger partial charge in [-0.3, -0.25) is 4.90 Å². The van der Waals surface area contributed by atoms with Gasteiger partial charge in [0.2, 0.25) is 0 Å². The molecule has 0 bridgehead atoms. The van der Waals surface area contributed by atoms with Gasteiger partial charge in [0.05, 0.1) is 16.7 Å². The van der Waals surface area contributed by atoms with Crippen molar-refractivity contribution >= 4 is 11.0 Å². The third-order valence-electron chi connectivity index (χ3n) is 4.15. The van der Waals surface area contributed by atoms with Crippen LogP contribution in [0.25, 0.3) is 11.0 Å². The van der Waals surface area contributed by atoms with Gasteiger partial charge in [-0.15, -0.1) is 0 Å². The van der Waals surface area contributed by atoms with Crippen molar-refractivity contribution in [3.63, 3.8) is 0 Å². The van der Waals surface area contributed by atoms with E-state index in [-0.39, 0.29) is 5.82 Å². The largest absolute Gasteiger partial charge is 0.342 e. The lowest BCUT2D eigenvalue weighted by Crippen LogP contribution is -2.25. The maximum Gasteiger partial charge on any atom is 0.125 e. The Hall–Kier alpha value is -2.21. The van der Waals surface area contributed by atoms with Crippen molar-refractivity contribution in [2.24, 2.45) is 7.05 Å². The number of hydrogen-bond acceptors (Lipinski definition) is 3. The molecule has 1 N–H and O–H groups in total. The molecule has 0 atom stereocenters. The number of hydrogen-bond donors (Lipinski definition) is 1. The van der Waals surface area contributed by atoms with E-state index in [2.05, 4.69) is 33.0 Å². The van der Waals surface area contributed by atoms with E-state index >= 15 is 0 Å². The van der Waals surface area contributed by atoms with Gasteiger partial charge < -0.3 is 9.55 Å². The lowest BCUT2D eigenvalue weighted by Gasteiger charge is -2.18. The first kappa shape index (κ1) is 15.7. The first-order chi connectivity index (χ1) is 11.0. The summed E-state index contributed by atoms with van der Waals surface area (Å²) in [6.45, 7) is 6.81. The predicted molar refractivity (Wildman–Crippen MR) is 88.7 cm³/mol. The molecule has 0 aliphatic rings. The molecular formula is C17H22FN5. The van der Waals surface area contributed by atoms with E-state index < -0.39 is 0 Å². The summed E-state index contributed by atoms with van der Waals surface area (Å²) < 4.78 is 15.3. The normalized spacial score (nSPS) is 11.7. The lowest BCUT2D eigenvalue weighted by molar-refractivity contribution is 0.279. The van der Waals surface area contributed by atoms with Gasteiger partial charge in [0.1, 0.15) is 17.5 Å². The first-order valence-electron chi connectivity index (χ1n) is 7.90. The van der Waals surface area contributed by atoms with Crippen LogP contribution in [0.3, 0.4) is 0 Å². The molecule has 0 aliphatic carbocycles. The molecule has 5 nitrogen and oxygen atoms in total. The van der Waals surface area contributed by atoms with Crippen molar-refractivity contribution in [2.45, 2.75) is 26.8 Å². The number of benzene rings is 1. The van der Waals surface area contributed by atoms with E-state index in [0.717, 1.165) is 54.4 Å². The molecule has 0 radical (unpaired) electrons. The number of aromatic amines is 1. The first-order valence-corrected chi connectivity index (χ1v) is 7.90. The summed E-state index contributed by atoms with van der Waals surface area (Å²) in [6.07, 6.45) is 2.87. The fourth-order valence-electron chi connectivity index (χ4n) is 2.70. The summed E-state index contributed by atoms with van der Waals surface area (Å²) in [6, 6.07) is 4.63. The molecule has 23 heavy (non-hydrogen) atoms. The van der Waals surface area contributed by atoms with Crippen molar-refractivity contribution in [3.05, 3.63) is 47.6 Å². The molecule has 6 heteroatoms. The molecular weight excluding hydrogens is 293 g/mol. The van der Waals surface area contributed by atoms with Crippen molar-refractivity contribution < 1.29 is 4.39 Å². The Morgan fingerprint density at radius 3 is 2.83 bits per heavy atom. The van der Waals surface area contributed by atoms with Crippen LogP contribution < -0.4 is 0 Å². The molecule has 0 amide bonds. The van der Waals surface area contributed by atoms with Gasteiger partial charge in [0, 0.05) is 32.8 Å². The average Bonchev–Trinajstić information content (AvgIpc) is 3.06. The molecule has 0 fully saturated rings. The Morgan fingerprint density at radius 2 is 2.13 bits per heavy atom. The third kappa shape index (κ3) is 3.59. The van der Waals surface area contributed by atoms with E-state index in [9.17, 15) is 4.39 Å². The van der Waals surface area contributed by atoms with Gasteiger partial charge in [-0.25, -0.2) is 14.4 Å². The fourth-order valence-corrected chi connectivity index (χ4v) is 2.70. The molecule has 0 saturated carbocycles. The quantitative estimate of drug-likeness (QED) is 0.761. The highest BCUT2D eigenvalue weighted by molar-refractivity contribution is 5.74. The van der Waals surface area contributed by atoms with Gasteiger partial charge in [-0.1, -0.05) is 6.92 Å². The highest BCUT2D eigenvalue weighted by atomic mass is 19.1. The molecule has 2 heterocycles. The third-order valence-corrected chi connectivity index (χ3v) is 4.15. The lowest BCUT2D eigenvalue weighted by atomic mass is 10.3. The minimum Gasteiger partial charge on any atom is -0.342 e. The van der Waals surface area contributed by atoms with Gasteiger partial charge in [0.15, 0.2) is 0 Å². The zero-order chi connectivity index (χ0) is 16.4. The van der Waals surface area contributed by atoms with Crippen LogP contribution in [0.2, 0.25) is 0 Å².